The molecular formula is C29H27ClN2O7. The van der Waals surface area contributed by atoms with E-state index in [1.807, 2.05) is 43.3 Å². The molecule has 1 atom stereocenters. The summed E-state index contributed by atoms with van der Waals surface area (Å²) in [7, 11) is 6.68. The molecule has 1 amide bonds. The van der Waals surface area contributed by atoms with Crippen molar-refractivity contribution in [3.05, 3.63) is 76.3 Å². The number of halogens is 1. The number of ether oxygens (including phenoxy) is 4. The van der Waals surface area contributed by atoms with Crippen molar-refractivity contribution < 1.29 is 33.6 Å². The quantitative estimate of drug-likeness (QED) is 0.265. The molecule has 3 aromatic carbocycles. The van der Waals surface area contributed by atoms with Crippen molar-refractivity contribution >= 4 is 40.4 Å². The van der Waals surface area contributed by atoms with Gasteiger partial charge >= 0.3 is 0 Å². The Kier molecular flexibility index (Phi) is 7.01. The Hall–Kier alpha value is -4.37. The highest BCUT2D eigenvalue weighted by Gasteiger charge is 2.47. The number of ketones is 1. The maximum atomic E-state index is 13.6. The molecule has 0 aromatic heterocycles. The molecule has 10 heteroatoms. The van der Waals surface area contributed by atoms with Crippen molar-refractivity contribution in [1.29, 1.82) is 0 Å². The molecule has 1 fully saturated rings. The third kappa shape index (κ3) is 4.59. The van der Waals surface area contributed by atoms with Crippen LogP contribution in [0.2, 0.25) is 5.02 Å². The molecule has 2 heterocycles. The zero-order valence-electron chi connectivity index (χ0n) is 21.9. The van der Waals surface area contributed by atoms with Crippen LogP contribution in [0.4, 0.5) is 11.4 Å². The fourth-order valence-electron chi connectivity index (χ4n) is 4.74. The van der Waals surface area contributed by atoms with E-state index < -0.39 is 23.5 Å². The second-order valence-electron chi connectivity index (χ2n) is 9.17. The number of carbonyl (C=O) groups is 2. The van der Waals surface area contributed by atoms with Gasteiger partial charge in [0.05, 0.1) is 36.4 Å². The number of nitrogens with zero attached hydrogens (tertiary/aromatic N) is 2. The number of amides is 1. The summed E-state index contributed by atoms with van der Waals surface area (Å²) in [4.78, 5) is 30.5. The molecular weight excluding hydrogens is 524 g/mol. The Bertz CT molecular complexity index is 1480. The zero-order chi connectivity index (χ0) is 27.8. The monoisotopic (exact) mass is 550 g/mol. The molecule has 2 aliphatic heterocycles. The summed E-state index contributed by atoms with van der Waals surface area (Å²) in [5, 5.41) is 11.9. The number of carbonyl (C=O) groups excluding carboxylic acids is 2. The number of hydrogen-bond donors (Lipinski definition) is 1. The van der Waals surface area contributed by atoms with E-state index in [4.69, 9.17) is 30.5 Å². The van der Waals surface area contributed by atoms with Gasteiger partial charge in [-0.25, -0.2) is 0 Å². The molecule has 3 aromatic rings. The largest absolute Gasteiger partial charge is 0.507 e. The lowest BCUT2D eigenvalue weighted by atomic mass is 9.94. The van der Waals surface area contributed by atoms with Crippen LogP contribution in [0.5, 0.6) is 23.0 Å². The molecule has 9 nitrogen and oxygen atoms in total. The number of anilines is 2. The normalized spacial score (nSPS) is 17.8. The van der Waals surface area contributed by atoms with Gasteiger partial charge in [0.1, 0.15) is 30.5 Å². The zero-order valence-corrected chi connectivity index (χ0v) is 22.6. The SMILES string of the molecule is COc1cc(/C(O)=C2\C(=O)C(=O)N(c3ccc4c(c3)OCCO4)C2c2ccc(N(C)C)cc2)c(OC)cc1Cl. The molecule has 2 aliphatic rings. The van der Waals surface area contributed by atoms with Gasteiger partial charge in [0.15, 0.2) is 11.5 Å². The maximum absolute atomic E-state index is 13.6. The minimum Gasteiger partial charge on any atom is -0.507 e. The second-order valence-corrected chi connectivity index (χ2v) is 9.58. The van der Waals surface area contributed by atoms with Gasteiger partial charge in [-0.05, 0) is 35.9 Å². The van der Waals surface area contributed by atoms with E-state index in [0.717, 1.165) is 5.69 Å². The number of benzene rings is 3. The molecule has 39 heavy (non-hydrogen) atoms. The predicted octanol–water partition coefficient (Wildman–Crippen LogP) is 4.82. The first-order chi connectivity index (χ1) is 18.7. The molecule has 0 bridgehead atoms. The van der Waals surface area contributed by atoms with Crippen LogP contribution >= 0.6 is 11.6 Å². The van der Waals surface area contributed by atoms with E-state index in [9.17, 15) is 14.7 Å². The van der Waals surface area contributed by atoms with E-state index in [1.54, 1.807) is 18.2 Å². The standard InChI is InChI=1S/C29H27ClN2O7/c1-31(2)17-7-5-16(6-8-17)26-25(27(33)19-14-23(37-4)20(30)15-22(19)36-3)28(34)29(35)32(26)18-9-10-21-24(13-18)39-12-11-38-21/h5-10,13-15,26,33H,11-12H2,1-4H3/b27-25+. The summed E-state index contributed by atoms with van der Waals surface area (Å²) < 4.78 is 22.1. The molecule has 1 N–H and O–H groups in total. The van der Waals surface area contributed by atoms with Crippen LogP contribution in [0, 0.1) is 0 Å². The molecule has 0 radical (unpaired) electrons. The molecule has 0 aliphatic carbocycles. The second kappa shape index (κ2) is 10.4. The highest BCUT2D eigenvalue weighted by atomic mass is 35.5. The van der Waals surface area contributed by atoms with Gasteiger partial charge in [-0.15, -0.1) is 0 Å². The Balaban J connectivity index is 1.73. The Morgan fingerprint density at radius 3 is 2.26 bits per heavy atom. The minimum atomic E-state index is -0.949. The third-order valence-corrected chi connectivity index (χ3v) is 7.00. The summed E-state index contributed by atoms with van der Waals surface area (Å²) in [6, 6.07) is 14.5. The van der Waals surface area contributed by atoms with Gasteiger partial charge in [0.25, 0.3) is 11.7 Å². The average molecular weight is 551 g/mol. The molecule has 0 saturated carbocycles. The molecule has 1 saturated heterocycles. The van der Waals surface area contributed by atoms with Crippen LogP contribution in [0.3, 0.4) is 0 Å². The van der Waals surface area contributed by atoms with Crippen molar-refractivity contribution in [2.75, 3.05) is 51.3 Å². The van der Waals surface area contributed by atoms with E-state index in [0.29, 0.717) is 36.0 Å². The van der Waals surface area contributed by atoms with Gasteiger partial charge in [-0.2, -0.15) is 0 Å². The lowest BCUT2D eigenvalue weighted by Gasteiger charge is -2.27. The van der Waals surface area contributed by atoms with Crippen molar-refractivity contribution in [3.63, 3.8) is 0 Å². The van der Waals surface area contributed by atoms with Crippen LogP contribution in [-0.2, 0) is 9.59 Å². The Morgan fingerprint density at radius 2 is 1.62 bits per heavy atom. The van der Waals surface area contributed by atoms with Crippen LogP contribution in [0.25, 0.3) is 5.76 Å². The number of fused-ring (bicyclic) bond motifs is 1. The fourth-order valence-corrected chi connectivity index (χ4v) is 4.97. The Morgan fingerprint density at radius 1 is 0.949 bits per heavy atom. The number of aliphatic hydroxyl groups is 1. The van der Waals surface area contributed by atoms with Crippen LogP contribution in [0.1, 0.15) is 17.2 Å². The number of Topliss-reactive ketones (excluding diaryl/α,β-unsaturated/α-hetero) is 1. The molecule has 0 spiro atoms. The van der Waals surface area contributed by atoms with Gasteiger partial charge in [-0.3, -0.25) is 14.5 Å². The summed E-state index contributed by atoms with van der Waals surface area (Å²) in [5.74, 6) is -0.563. The number of rotatable bonds is 6. The number of hydrogen-bond acceptors (Lipinski definition) is 8. The first kappa shape index (κ1) is 26.2. The lowest BCUT2D eigenvalue weighted by molar-refractivity contribution is -0.132. The number of methoxy groups -OCH3 is 2. The number of aliphatic hydroxyl groups excluding tert-OH is 1. The van der Waals surface area contributed by atoms with E-state index >= 15 is 0 Å². The van der Waals surface area contributed by atoms with Gasteiger partial charge in [0.2, 0.25) is 0 Å². The van der Waals surface area contributed by atoms with E-state index in [2.05, 4.69) is 0 Å². The van der Waals surface area contributed by atoms with E-state index in [1.165, 1.54) is 31.3 Å². The Labute approximate surface area is 230 Å². The predicted molar refractivity (Wildman–Crippen MR) is 148 cm³/mol. The highest BCUT2D eigenvalue weighted by molar-refractivity contribution is 6.51. The van der Waals surface area contributed by atoms with Crippen molar-refractivity contribution in [2.24, 2.45) is 0 Å². The van der Waals surface area contributed by atoms with E-state index in [-0.39, 0.29) is 27.7 Å². The summed E-state index contributed by atoms with van der Waals surface area (Å²) >= 11 is 6.26. The molecule has 202 valence electrons. The molecule has 5 rings (SSSR count). The van der Waals surface area contributed by atoms with Gasteiger partial charge in [0, 0.05) is 37.6 Å². The maximum Gasteiger partial charge on any atom is 0.300 e. The van der Waals surface area contributed by atoms with Crippen molar-refractivity contribution in [3.8, 4) is 23.0 Å². The van der Waals surface area contributed by atoms with Gasteiger partial charge in [-0.1, -0.05) is 23.7 Å². The van der Waals surface area contributed by atoms with Crippen LogP contribution in [-0.4, -0.2) is 58.3 Å². The van der Waals surface area contributed by atoms with Crippen LogP contribution in [0.15, 0.2) is 60.2 Å². The first-order valence-corrected chi connectivity index (χ1v) is 12.5. The van der Waals surface area contributed by atoms with Crippen molar-refractivity contribution in [1.82, 2.24) is 0 Å². The lowest BCUT2D eigenvalue weighted by Crippen LogP contribution is -2.29. The smallest absolute Gasteiger partial charge is 0.300 e. The minimum absolute atomic E-state index is 0.102. The third-order valence-electron chi connectivity index (χ3n) is 6.70. The summed E-state index contributed by atoms with van der Waals surface area (Å²) in [5.41, 5.74) is 2.03. The average Bonchev–Trinajstić information content (AvgIpc) is 3.22. The van der Waals surface area contributed by atoms with Crippen LogP contribution < -0.4 is 28.7 Å². The summed E-state index contributed by atoms with van der Waals surface area (Å²) in [6.07, 6.45) is 0. The first-order valence-electron chi connectivity index (χ1n) is 12.1. The topological polar surface area (TPSA) is 97.8 Å². The fraction of sp³-hybridized carbons (Fsp3) is 0.241. The van der Waals surface area contributed by atoms with Gasteiger partial charge < -0.3 is 29.0 Å². The molecule has 1 unspecified atom stereocenters. The summed E-state index contributed by atoms with van der Waals surface area (Å²) in [6.45, 7) is 0.782. The van der Waals surface area contributed by atoms with Crippen molar-refractivity contribution in [2.45, 2.75) is 6.04 Å². The highest BCUT2D eigenvalue weighted by Crippen LogP contribution is 2.46.